The zero-order valence-electron chi connectivity index (χ0n) is 7.47. The van der Waals surface area contributed by atoms with Crippen LogP contribution in [0, 0.1) is 5.41 Å². The van der Waals surface area contributed by atoms with Crippen LogP contribution in [0.2, 0.25) is 0 Å². The minimum atomic E-state index is 0.368. The molecule has 2 N–H and O–H groups in total. The molecule has 0 aromatic carbocycles. The van der Waals surface area contributed by atoms with E-state index in [1.54, 1.807) is 0 Å². The van der Waals surface area contributed by atoms with Crippen LogP contribution >= 0.6 is 0 Å². The predicted molar refractivity (Wildman–Crippen MR) is 49.4 cm³/mol. The fourth-order valence-corrected chi connectivity index (χ4v) is 2.05. The highest BCUT2D eigenvalue weighted by molar-refractivity contribution is 5.00. The molecule has 1 fully saturated rings. The normalized spacial score (nSPS) is 24.2. The molecule has 1 rings (SSSR count). The Morgan fingerprint density at radius 1 is 1.27 bits per heavy atom. The average molecular weight is 153 g/mol. The van der Waals surface area contributed by atoms with E-state index in [0.717, 1.165) is 6.54 Å². The van der Waals surface area contributed by atoms with Gasteiger partial charge >= 0.3 is 0 Å². The van der Waals surface area contributed by atoms with Crippen LogP contribution in [-0.2, 0) is 0 Å². The second-order valence-electron chi connectivity index (χ2n) is 3.63. The molecule has 0 bridgehead atoms. The lowest BCUT2D eigenvalue weighted by atomic mass is 9.74. The first-order valence-corrected chi connectivity index (χ1v) is 4.67. The van der Waals surface area contributed by atoms with Gasteiger partial charge in [0.25, 0.3) is 0 Å². The number of nitrogens with two attached hydrogens (primary N) is 1. The van der Waals surface area contributed by atoms with Crippen molar-refractivity contribution in [1.29, 1.82) is 0 Å². The molecule has 1 saturated carbocycles. The minimum absolute atomic E-state index is 0.368. The summed E-state index contributed by atoms with van der Waals surface area (Å²) < 4.78 is 0. The van der Waals surface area contributed by atoms with E-state index in [1.807, 2.05) is 0 Å². The van der Waals surface area contributed by atoms with E-state index in [2.05, 4.69) is 19.1 Å². The summed E-state index contributed by atoms with van der Waals surface area (Å²) in [7, 11) is 0. The quantitative estimate of drug-likeness (QED) is 0.606. The van der Waals surface area contributed by atoms with Gasteiger partial charge in [-0.1, -0.05) is 31.4 Å². The summed E-state index contributed by atoms with van der Waals surface area (Å²) in [6, 6.07) is 0. The van der Waals surface area contributed by atoms with E-state index in [1.165, 1.54) is 32.1 Å². The van der Waals surface area contributed by atoms with Gasteiger partial charge in [-0.2, -0.15) is 0 Å². The Morgan fingerprint density at radius 2 is 1.91 bits per heavy atom. The van der Waals surface area contributed by atoms with Crippen LogP contribution in [-0.4, -0.2) is 6.54 Å². The van der Waals surface area contributed by atoms with Gasteiger partial charge in [0.2, 0.25) is 0 Å². The maximum atomic E-state index is 5.77. The lowest BCUT2D eigenvalue weighted by Crippen LogP contribution is -2.30. The molecule has 0 aromatic rings. The molecular weight excluding hydrogens is 134 g/mol. The first-order chi connectivity index (χ1) is 5.33. The Kier molecular flexibility index (Phi) is 3.13. The van der Waals surface area contributed by atoms with Crippen LogP contribution in [0.1, 0.15) is 39.0 Å². The molecule has 1 aliphatic rings. The molecule has 0 aliphatic heterocycles. The summed E-state index contributed by atoms with van der Waals surface area (Å²) in [5, 5.41) is 0. The Bertz CT molecular complexity index is 132. The van der Waals surface area contributed by atoms with Crippen molar-refractivity contribution in [1.82, 2.24) is 0 Å². The van der Waals surface area contributed by atoms with Gasteiger partial charge in [0, 0.05) is 12.0 Å². The van der Waals surface area contributed by atoms with Gasteiger partial charge < -0.3 is 5.73 Å². The summed E-state index contributed by atoms with van der Waals surface area (Å²) in [5.74, 6) is 0. The fraction of sp³-hybridized carbons (Fsp3) is 0.800. The molecule has 1 heteroatoms. The third-order valence-corrected chi connectivity index (χ3v) is 2.78. The highest BCUT2D eigenvalue weighted by Gasteiger charge is 2.26. The van der Waals surface area contributed by atoms with E-state index < -0.39 is 0 Å². The zero-order chi connectivity index (χ0) is 8.16. The van der Waals surface area contributed by atoms with Crippen molar-refractivity contribution in [2.45, 2.75) is 39.0 Å². The van der Waals surface area contributed by atoms with Gasteiger partial charge in [-0.05, 0) is 19.8 Å². The molecule has 0 radical (unpaired) electrons. The third-order valence-electron chi connectivity index (χ3n) is 2.78. The third kappa shape index (κ3) is 2.06. The van der Waals surface area contributed by atoms with Crippen molar-refractivity contribution in [3.63, 3.8) is 0 Å². The Hall–Kier alpha value is -0.300. The second-order valence-corrected chi connectivity index (χ2v) is 3.63. The molecule has 1 nitrogen and oxygen atoms in total. The monoisotopic (exact) mass is 153 g/mol. The number of hydrogen-bond donors (Lipinski definition) is 1. The van der Waals surface area contributed by atoms with Crippen molar-refractivity contribution in [2.75, 3.05) is 6.54 Å². The second kappa shape index (κ2) is 3.91. The van der Waals surface area contributed by atoms with E-state index in [-0.39, 0.29) is 0 Å². The van der Waals surface area contributed by atoms with E-state index in [0.29, 0.717) is 5.41 Å². The van der Waals surface area contributed by atoms with Gasteiger partial charge in [0.15, 0.2) is 0 Å². The van der Waals surface area contributed by atoms with Crippen molar-refractivity contribution in [2.24, 2.45) is 11.1 Å². The summed E-state index contributed by atoms with van der Waals surface area (Å²) in [4.78, 5) is 0. The minimum Gasteiger partial charge on any atom is -0.330 e. The molecule has 0 saturated heterocycles. The first-order valence-electron chi connectivity index (χ1n) is 4.67. The van der Waals surface area contributed by atoms with Crippen LogP contribution in [0.4, 0.5) is 0 Å². The molecule has 0 spiro atoms. The highest BCUT2D eigenvalue weighted by Crippen LogP contribution is 2.36. The number of allylic oxidation sites excluding steroid dienone is 1. The Balaban J connectivity index is 2.56. The van der Waals surface area contributed by atoms with Crippen molar-refractivity contribution in [3.05, 3.63) is 12.2 Å². The number of hydrogen-bond acceptors (Lipinski definition) is 1. The molecule has 0 unspecified atom stereocenters. The molecule has 64 valence electrons. The van der Waals surface area contributed by atoms with E-state index in [9.17, 15) is 0 Å². The van der Waals surface area contributed by atoms with Gasteiger partial charge in [-0.25, -0.2) is 0 Å². The van der Waals surface area contributed by atoms with Crippen molar-refractivity contribution in [3.8, 4) is 0 Å². The Morgan fingerprint density at radius 3 is 2.36 bits per heavy atom. The Labute approximate surface area is 69.7 Å². The predicted octanol–water partition coefficient (Wildman–Crippen LogP) is 2.47. The van der Waals surface area contributed by atoms with Gasteiger partial charge in [-0.3, -0.25) is 0 Å². The maximum absolute atomic E-state index is 5.77. The van der Waals surface area contributed by atoms with E-state index in [4.69, 9.17) is 5.73 Å². The first kappa shape index (κ1) is 8.79. The summed E-state index contributed by atoms with van der Waals surface area (Å²) in [6.07, 6.45) is 11.2. The van der Waals surface area contributed by atoms with Crippen molar-refractivity contribution < 1.29 is 0 Å². The van der Waals surface area contributed by atoms with Crippen LogP contribution in [0.25, 0.3) is 0 Å². The van der Waals surface area contributed by atoms with Crippen LogP contribution in [0.5, 0.6) is 0 Å². The maximum Gasteiger partial charge on any atom is 0.00142 e. The molecular formula is C10H19N. The summed E-state index contributed by atoms with van der Waals surface area (Å²) in [6.45, 7) is 2.92. The fourth-order valence-electron chi connectivity index (χ4n) is 2.05. The molecule has 0 amide bonds. The van der Waals surface area contributed by atoms with Crippen molar-refractivity contribution >= 4 is 0 Å². The average Bonchev–Trinajstić information content (AvgIpc) is 2.07. The van der Waals surface area contributed by atoms with Gasteiger partial charge in [0.1, 0.15) is 0 Å². The van der Waals surface area contributed by atoms with Crippen LogP contribution in [0.15, 0.2) is 12.2 Å². The van der Waals surface area contributed by atoms with Crippen LogP contribution in [0.3, 0.4) is 0 Å². The topological polar surface area (TPSA) is 26.0 Å². The standard InChI is InChI=1S/C10H19N/c1-2-6-10(9-11)7-4-3-5-8-10/h2,6H,3-5,7-9,11H2,1H3/b6-2+. The van der Waals surface area contributed by atoms with Crippen LogP contribution < -0.4 is 5.73 Å². The molecule has 0 heterocycles. The summed E-state index contributed by atoms with van der Waals surface area (Å²) >= 11 is 0. The smallest absolute Gasteiger partial charge is 0.00142 e. The molecule has 0 atom stereocenters. The molecule has 1 aliphatic carbocycles. The lowest BCUT2D eigenvalue weighted by molar-refractivity contribution is 0.266. The molecule has 0 aromatic heterocycles. The van der Waals surface area contributed by atoms with Gasteiger partial charge in [0.05, 0.1) is 0 Å². The SMILES string of the molecule is C/C=C/C1(CN)CCCCC1. The van der Waals surface area contributed by atoms with E-state index >= 15 is 0 Å². The highest BCUT2D eigenvalue weighted by atomic mass is 14.6. The number of rotatable bonds is 2. The lowest BCUT2D eigenvalue weighted by Gasteiger charge is -2.33. The summed E-state index contributed by atoms with van der Waals surface area (Å²) in [5.41, 5.74) is 6.14. The zero-order valence-corrected chi connectivity index (χ0v) is 7.47. The van der Waals surface area contributed by atoms with Gasteiger partial charge in [-0.15, -0.1) is 0 Å². The largest absolute Gasteiger partial charge is 0.330 e. The molecule has 11 heavy (non-hydrogen) atoms.